The van der Waals surface area contributed by atoms with Gasteiger partial charge < -0.3 is 4.57 Å². The molecule has 2 heteroatoms. The van der Waals surface area contributed by atoms with Gasteiger partial charge in [-0.25, -0.2) is 0 Å². The van der Waals surface area contributed by atoms with Crippen molar-refractivity contribution < 1.29 is 0 Å². The molecule has 2 aromatic rings. The SMILES string of the molecule is Cc1ccc2c(c1)c(CN1CCCC1)cn2C. The third kappa shape index (κ3) is 1.98. The van der Waals surface area contributed by atoms with Gasteiger partial charge in [-0.3, -0.25) is 4.90 Å². The molecule has 0 bridgehead atoms. The summed E-state index contributed by atoms with van der Waals surface area (Å²) in [7, 11) is 2.14. The van der Waals surface area contributed by atoms with Crippen LogP contribution in [0.25, 0.3) is 10.9 Å². The van der Waals surface area contributed by atoms with E-state index in [0.717, 1.165) is 6.54 Å². The van der Waals surface area contributed by atoms with Crippen molar-refractivity contribution in [2.45, 2.75) is 26.3 Å². The van der Waals surface area contributed by atoms with Gasteiger partial charge in [-0.05, 0) is 50.6 Å². The standard InChI is InChI=1S/C15H20N2/c1-12-5-6-15-14(9-12)13(10-16(15)2)11-17-7-3-4-8-17/h5-6,9-10H,3-4,7-8,11H2,1-2H3. The topological polar surface area (TPSA) is 8.17 Å². The van der Waals surface area contributed by atoms with Gasteiger partial charge in [-0.1, -0.05) is 11.6 Å². The summed E-state index contributed by atoms with van der Waals surface area (Å²) in [5, 5.41) is 1.43. The second-order valence-electron chi connectivity index (χ2n) is 5.27. The smallest absolute Gasteiger partial charge is 0.0481 e. The maximum absolute atomic E-state index is 2.57. The van der Waals surface area contributed by atoms with Crippen molar-refractivity contribution in [2.24, 2.45) is 7.05 Å². The lowest BCUT2D eigenvalue weighted by atomic mass is 10.1. The Morgan fingerprint density at radius 2 is 1.94 bits per heavy atom. The summed E-state index contributed by atoms with van der Waals surface area (Å²) < 4.78 is 2.25. The summed E-state index contributed by atoms with van der Waals surface area (Å²) >= 11 is 0. The fraction of sp³-hybridized carbons (Fsp3) is 0.467. The first-order valence-corrected chi connectivity index (χ1v) is 6.51. The molecule has 1 aromatic carbocycles. The number of aryl methyl sites for hydroxylation is 2. The lowest BCUT2D eigenvalue weighted by Crippen LogP contribution is -2.18. The quantitative estimate of drug-likeness (QED) is 0.767. The molecule has 90 valence electrons. The first-order valence-electron chi connectivity index (χ1n) is 6.51. The summed E-state index contributed by atoms with van der Waals surface area (Å²) in [4.78, 5) is 2.57. The van der Waals surface area contributed by atoms with Crippen LogP contribution in [0.15, 0.2) is 24.4 Å². The van der Waals surface area contributed by atoms with Crippen molar-refractivity contribution in [3.05, 3.63) is 35.5 Å². The monoisotopic (exact) mass is 228 g/mol. The van der Waals surface area contributed by atoms with Crippen LogP contribution >= 0.6 is 0 Å². The van der Waals surface area contributed by atoms with E-state index >= 15 is 0 Å². The predicted octanol–water partition coefficient (Wildman–Crippen LogP) is 3.08. The zero-order chi connectivity index (χ0) is 11.8. The first-order chi connectivity index (χ1) is 8.24. The van der Waals surface area contributed by atoms with Crippen LogP contribution < -0.4 is 0 Å². The molecule has 0 atom stereocenters. The lowest BCUT2D eigenvalue weighted by Gasteiger charge is -2.13. The second-order valence-corrected chi connectivity index (χ2v) is 5.27. The average Bonchev–Trinajstić information content (AvgIpc) is 2.89. The van der Waals surface area contributed by atoms with Crippen LogP contribution in [-0.2, 0) is 13.6 Å². The number of likely N-dealkylation sites (tertiary alicyclic amines) is 1. The molecule has 0 N–H and O–H groups in total. The first kappa shape index (κ1) is 10.8. The second kappa shape index (κ2) is 4.19. The van der Waals surface area contributed by atoms with E-state index in [4.69, 9.17) is 0 Å². The molecule has 2 nitrogen and oxygen atoms in total. The molecule has 1 aliphatic rings. The highest BCUT2D eigenvalue weighted by atomic mass is 15.1. The molecular formula is C15H20N2. The number of hydrogen-bond acceptors (Lipinski definition) is 1. The van der Waals surface area contributed by atoms with Gasteiger partial charge in [0.2, 0.25) is 0 Å². The Morgan fingerprint density at radius 3 is 2.71 bits per heavy atom. The van der Waals surface area contributed by atoms with E-state index in [1.54, 1.807) is 0 Å². The number of benzene rings is 1. The molecule has 0 radical (unpaired) electrons. The van der Waals surface area contributed by atoms with E-state index in [9.17, 15) is 0 Å². The van der Waals surface area contributed by atoms with Gasteiger partial charge in [0.05, 0.1) is 0 Å². The van der Waals surface area contributed by atoms with E-state index in [1.807, 2.05) is 0 Å². The van der Waals surface area contributed by atoms with Crippen LogP contribution in [0.3, 0.4) is 0 Å². The highest BCUT2D eigenvalue weighted by Crippen LogP contribution is 2.24. The van der Waals surface area contributed by atoms with Crippen molar-refractivity contribution in [2.75, 3.05) is 13.1 Å². The van der Waals surface area contributed by atoms with Gasteiger partial charge in [0.25, 0.3) is 0 Å². The summed E-state index contributed by atoms with van der Waals surface area (Å²) in [5.41, 5.74) is 4.18. The van der Waals surface area contributed by atoms with Crippen LogP contribution in [0.5, 0.6) is 0 Å². The van der Waals surface area contributed by atoms with Gasteiger partial charge in [0.1, 0.15) is 0 Å². The van der Waals surface area contributed by atoms with E-state index in [1.165, 1.54) is 48.0 Å². The van der Waals surface area contributed by atoms with Gasteiger partial charge >= 0.3 is 0 Å². The van der Waals surface area contributed by atoms with Crippen molar-refractivity contribution in [1.82, 2.24) is 9.47 Å². The van der Waals surface area contributed by atoms with Crippen LogP contribution in [0, 0.1) is 6.92 Å². The van der Waals surface area contributed by atoms with Crippen molar-refractivity contribution >= 4 is 10.9 Å². The summed E-state index contributed by atoms with van der Waals surface area (Å²) in [6, 6.07) is 6.75. The Kier molecular flexibility index (Phi) is 2.67. The molecule has 1 aromatic heterocycles. The van der Waals surface area contributed by atoms with Crippen LogP contribution in [0.1, 0.15) is 24.0 Å². The molecule has 0 aliphatic carbocycles. The highest BCUT2D eigenvalue weighted by Gasteiger charge is 2.14. The zero-order valence-electron chi connectivity index (χ0n) is 10.7. The van der Waals surface area contributed by atoms with Crippen molar-refractivity contribution in [3.8, 4) is 0 Å². The molecule has 2 heterocycles. The summed E-state index contributed by atoms with van der Waals surface area (Å²) in [6.45, 7) is 5.82. The number of nitrogens with zero attached hydrogens (tertiary/aromatic N) is 2. The Hall–Kier alpha value is -1.28. The Balaban J connectivity index is 2.00. The number of hydrogen-bond donors (Lipinski definition) is 0. The van der Waals surface area contributed by atoms with E-state index < -0.39 is 0 Å². The fourth-order valence-electron chi connectivity index (χ4n) is 2.90. The normalized spacial score (nSPS) is 17.1. The molecule has 0 saturated carbocycles. The third-order valence-electron chi connectivity index (χ3n) is 3.82. The maximum atomic E-state index is 2.57. The van der Waals surface area contributed by atoms with Crippen molar-refractivity contribution in [1.29, 1.82) is 0 Å². The molecule has 0 unspecified atom stereocenters. The van der Waals surface area contributed by atoms with Crippen molar-refractivity contribution in [3.63, 3.8) is 0 Å². The zero-order valence-corrected chi connectivity index (χ0v) is 10.7. The van der Waals surface area contributed by atoms with E-state index in [-0.39, 0.29) is 0 Å². The molecule has 1 aliphatic heterocycles. The summed E-state index contributed by atoms with van der Waals surface area (Å²) in [6.07, 6.45) is 5.02. The number of fused-ring (bicyclic) bond motifs is 1. The minimum Gasteiger partial charge on any atom is -0.350 e. The molecule has 0 spiro atoms. The molecule has 1 fully saturated rings. The highest BCUT2D eigenvalue weighted by molar-refractivity contribution is 5.84. The minimum atomic E-state index is 1.11. The number of aromatic nitrogens is 1. The number of rotatable bonds is 2. The van der Waals surface area contributed by atoms with E-state index in [2.05, 4.69) is 47.8 Å². The lowest BCUT2D eigenvalue weighted by molar-refractivity contribution is 0.332. The van der Waals surface area contributed by atoms with Crippen LogP contribution in [0.4, 0.5) is 0 Å². The summed E-state index contributed by atoms with van der Waals surface area (Å²) in [5.74, 6) is 0. The van der Waals surface area contributed by atoms with Gasteiger partial charge in [0, 0.05) is 30.7 Å². The Labute approximate surface area is 103 Å². The molecule has 17 heavy (non-hydrogen) atoms. The Morgan fingerprint density at radius 1 is 1.18 bits per heavy atom. The molecule has 0 amide bonds. The third-order valence-corrected chi connectivity index (χ3v) is 3.82. The largest absolute Gasteiger partial charge is 0.350 e. The van der Waals surface area contributed by atoms with Gasteiger partial charge in [-0.15, -0.1) is 0 Å². The van der Waals surface area contributed by atoms with Crippen LogP contribution in [0.2, 0.25) is 0 Å². The average molecular weight is 228 g/mol. The molecular weight excluding hydrogens is 208 g/mol. The molecule has 1 saturated heterocycles. The Bertz CT molecular complexity index is 533. The van der Waals surface area contributed by atoms with Gasteiger partial charge in [-0.2, -0.15) is 0 Å². The van der Waals surface area contributed by atoms with E-state index in [0.29, 0.717) is 0 Å². The predicted molar refractivity (Wildman–Crippen MR) is 72.2 cm³/mol. The molecule has 3 rings (SSSR count). The van der Waals surface area contributed by atoms with Gasteiger partial charge in [0.15, 0.2) is 0 Å². The fourth-order valence-corrected chi connectivity index (χ4v) is 2.90. The minimum absolute atomic E-state index is 1.11. The maximum Gasteiger partial charge on any atom is 0.0481 e. The van der Waals surface area contributed by atoms with Crippen LogP contribution in [-0.4, -0.2) is 22.6 Å².